The van der Waals surface area contributed by atoms with Crippen LogP contribution in [-0.4, -0.2) is 60.2 Å². The van der Waals surface area contributed by atoms with E-state index in [2.05, 4.69) is 29.5 Å². The van der Waals surface area contributed by atoms with Gasteiger partial charge in [-0.3, -0.25) is 4.79 Å². The minimum absolute atomic E-state index is 0.0873. The van der Waals surface area contributed by atoms with Gasteiger partial charge in [-0.1, -0.05) is 26.7 Å². The number of guanidine groups is 1. The van der Waals surface area contributed by atoms with Gasteiger partial charge in [-0.05, 0) is 39.0 Å². The van der Waals surface area contributed by atoms with Gasteiger partial charge in [-0.15, -0.1) is 0 Å². The predicted octanol–water partition coefficient (Wildman–Crippen LogP) is 1.89. The lowest BCUT2D eigenvalue weighted by Gasteiger charge is -2.29. The van der Waals surface area contributed by atoms with Crippen LogP contribution in [0, 0.1) is 0 Å². The van der Waals surface area contributed by atoms with Crippen molar-refractivity contribution in [2.45, 2.75) is 71.3 Å². The van der Waals surface area contributed by atoms with Crippen molar-refractivity contribution in [3.8, 4) is 0 Å². The molecule has 6 nitrogen and oxygen atoms in total. The maximum atomic E-state index is 12.2. The monoisotopic (exact) mass is 340 g/mol. The summed E-state index contributed by atoms with van der Waals surface area (Å²) in [5, 5.41) is 17.1. The van der Waals surface area contributed by atoms with Gasteiger partial charge in [-0.25, -0.2) is 4.99 Å². The maximum absolute atomic E-state index is 12.2. The van der Waals surface area contributed by atoms with Crippen LogP contribution in [0.25, 0.3) is 0 Å². The predicted molar refractivity (Wildman–Crippen MR) is 99.2 cm³/mol. The van der Waals surface area contributed by atoms with Gasteiger partial charge in [0.2, 0.25) is 5.91 Å². The quantitative estimate of drug-likeness (QED) is 0.442. The van der Waals surface area contributed by atoms with Crippen LogP contribution in [0.2, 0.25) is 0 Å². The highest BCUT2D eigenvalue weighted by Crippen LogP contribution is 2.18. The third-order valence-corrected chi connectivity index (χ3v) is 4.44. The number of aliphatic imine (C=N–C) groups is 1. The van der Waals surface area contributed by atoms with Crippen LogP contribution in [0.15, 0.2) is 4.99 Å². The maximum Gasteiger partial charge on any atom is 0.244 e. The Labute approximate surface area is 147 Å². The van der Waals surface area contributed by atoms with E-state index in [-0.39, 0.29) is 12.5 Å². The molecule has 1 aliphatic rings. The second-order valence-electron chi connectivity index (χ2n) is 6.71. The number of piperidine rings is 1. The van der Waals surface area contributed by atoms with E-state index in [4.69, 9.17) is 0 Å². The summed E-state index contributed by atoms with van der Waals surface area (Å²) in [4.78, 5) is 18.5. The lowest BCUT2D eigenvalue weighted by atomic mass is 9.93. The lowest BCUT2D eigenvalue weighted by Crippen LogP contribution is -2.47. The molecule has 1 heterocycles. The van der Waals surface area contributed by atoms with Crippen molar-refractivity contribution in [2.75, 3.05) is 32.7 Å². The number of hydrogen-bond acceptors (Lipinski definition) is 3. The number of rotatable bonds is 9. The molecule has 6 heteroatoms. The van der Waals surface area contributed by atoms with Gasteiger partial charge in [0.25, 0.3) is 0 Å². The summed E-state index contributed by atoms with van der Waals surface area (Å²) in [7, 11) is 0. The van der Waals surface area contributed by atoms with Crippen LogP contribution in [0.4, 0.5) is 0 Å². The van der Waals surface area contributed by atoms with Crippen molar-refractivity contribution in [3.05, 3.63) is 0 Å². The van der Waals surface area contributed by atoms with E-state index in [0.717, 1.165) is 58.2 Å². The Morgan fingerprint density at radius 2 is 1.71 bits per heavy atom. The minimum atomic E-state index is -0.712. The van der Waals surface area contributed by atoms with Crippen LogP contribution in [0.5, 0.6) is 0 Å². The second kappa shape index (κ2) is 11.3. The zero-order chi connectivity index (χ0) is 17.8. The smallest absolute Gasteiger partial charge is 0.244 e. The Hall–Kier alpha value is -1.30. The molecule has 140 valence electrons. The fourth-order valence-corrected chi connectivity index (χ4v) is 3.21. The molecule has 0 radical (unpaired) electrons. The Morgan fingerprint density at radius 1 is 1.08 bits per heavy atom. The fraction of sp³-hybridized carbons (Fsp3) is 0.889. The number of amides is 1. The summed E-state index contributed by atoms with van der Waals surface area (Å²) in [5.41, 5.74) is -0.712. The number of hydrogen-bond donors (Lipinski definition) is 3. The third-order valence-electron chi connectivity index (χ3n) is 4.44. The number of nitrogens with one attached hydrogen (secondary N) is 2. The molecule has 0 aliphatic carbocycles. The highest BCUT2D eigenvalue weighted by molar-refractivity contribution is 5.85. The highest BCUT2D eigenvalue weighted by atomic mass is 16.3. The number of carbonyl (C=O) groups is 1. The van der Waals surface area contributed by atoms with Gasteiger partial charge in [0.1, 0.15) is 6.54 Å². The molecule has 1 amide bonds. The SMILES string of the molecule is CCCC(O)(CCC)CNC(=NCC(=O)N1CCCCC1)NCC. The molecule has 1 aliphatic heterocycles. The molecule has 0 aromatic rings. The largest absolute Gasteiger partial charge is 0.388 e. The Kier molecular flexibility index (Phi) is 9.76. The summed E-state index contributed by atoms with van der Waals surface area (Å²) in [6.07, 6.45) is 6.81. The molecular weight excluding hydrogens is 304 g/mol. The zero-order valence-corrected chi connectivity index (χ0v) is 15.7. The van der Waals surface area contributed by atoms with Crippen LogP contribution in [0.3, 0.4) is 0 Å². The molecule has 1 fully saturated rings. The van der Waals surface area contributed by atoms with E-state index in [1.165, 1.54) is 6.42 Å². The number of aliphatic hydroxyl groups is 1. The standard InChI is InChI=1S/C18H36N4O2/c1-4-10-18(24,11-5-2)15-21-17(19-6-3)20-14-16(23)22-12-8-7-9-13-22/h24H,4-15H2,1-3H3,(H2,19,20,21). The highest BCUT2D eigenvalue weighted by Gasteiger charge is 2.25. The molecule has 0 spiro atoms. The van der Waals surface area contributed by atoms with Gasteiger partial charge in [0.15, 0.2) is 5.96 Å². The average molecular weight is 341 g/mol. The van der Waals surface area contributed by atoms with Crippen molar-refractivity contribution < 1.29 is 9.90 Å². The van der Waals surface area contributed by atoms with E-state index in [9.17, 15) is 9.90 Å². The molecule has 0 bridgehead atoms. The topological polar surface area (TPSA) is 77.0 Å². The second-order valence-corrected chi connectivity index (χ2v) is 6.71. The Balaban J connectivity index is 2.56. The Bertz CT molecular complexity index is 386. The number of likely N-dealkylation sites (tertiary alicyclic amines) is 1. The lowest BCUT2D eigenvalue weighted by molar-refractivity contribution is -0.130. The molecular formula is C18H36N4O2. The van der Waals surface area contributed by atoms with Gasteiger partial charge in [0.05, 0.1) is 5.60 Å². The molecule has 0 unspecified atom stereocenters. The first-order chi connectivity index (χ1) is 11.5. The minimum Gasteiger partial charge on any atom is -0.388 e. The first-order valence-electron chi connectivity index (χ1n) is 9.57. The van der Waals surface area contributed by atoms with E-state index in [1.54, 1.807) is 0 Å². The van der Waals surface area contributed by atoms with Gasteiger partial charge in [0, 0.05) is 26.2 Å². The zero-order valence-electron chi connectivity index (χ0n) is 15.7. The van der Waals surface area contributed by atoms with E-state index < -0.39 is 5.60 Å². The molecule has 0 atom stereocenters. The van der Waals surface area contributed by atoms with E-state index >= 15 is 0 Å². The fourth-order valence-electron chi connectivity index (χ4n) is 3.21. The van der Waals surface area contributed by atoms with Crippen molar-refractivity contribution in [2.24, 2.45) is 4.99 Å². The van der Waals surface area contributed by atoms with Crippen LogP contribution >= 0.6 is 0 Å². The van der Waals surface area contributed by atoms with Gasteiger partial charge in [-0.2, -0.15) is 0 Å². The average Bonchev–Trinajstić information content (AvgIpc) is 2.58. The van der Waals surface area contributed by atoms with Crippen molar-refractivity contribution in [1.29, 1.82) is 0 Å². The first-order valence-corrected chi connectivity index (χ1v) is 9.57. The number of nitrogens with zero attached hydrogens (tertiary/aromatic N) is 2. The summed E-state index contributed by atoms with van der Waals surface area (Å²) < 4.78 is 0. The van der Waals surface area contributed by atoms with E-state index in [1.807, 2.05) is 11.8 Å². The summed E-state index contributed by atoms with van der Waals surface area (Å²) in [5.74, 6) is 0.692. The van der Waals surface area contributed by atoms with Crippen LogP contribution < -0.4 is 10.6 Å². The first kappa shape index (κ1) is 20.7. The molecule has 24 heavy (non-hydrogen) atoms. The summed E-state index contributed by atoms with van der Waals surface area (Å²) in [6, 6.07) is 0. The van der Waals surface area contributed by atoms with Gasteiger partial charge >= 0.3 is 0 Å². The Morgan fingerprint density at radius 3 is 2.25 bits per heavy atom. The normalized spacial score (nSPS) is 16.2. The van der Waals surface area contributed by atoms with Crippen molar-refractivity contribution >= 4 is 11.9 Å². The van der Waals surface area contributed by atoms with Crippen LogP contribution in [-0.2, 0) is 4.79 Å². The molecule has 0 saturated carbocycles. The number of carbonyl (C=O) groups excluding carboxylic acids is 1. The molecule has 1 saturated heterocycles. The molecule has 0 aromatic heterocycles. The molecule has 3 N–H and O–H groups in total. The van der Waals surface area contributed by atoms with Crippen molar-refractivity contribution in [1.82, 2.24) is 15.5 Å². The van der Waals surface area contributed by atoms with Crippen LogP contribution in [0.1, 0.15) is 65.7 Å². The molecule has 0 aromatic carbocycles. The summed E-state index contributed by atoms with van der Waals surface area (Å²) in [6.45, 7) is 9.20. The van der Waals surface area contributed by atoms with E-state index in [0.29, 0.717) is 12.5 Å². The third kappa shape index (κ3) is 7.51. The van der Waals surface area contributed by atoms with Gasteiger partial charge < -0.3 is 20.6 Å². The summed E-state index contributed by atoms with van der Waals surface area (Å²) >= 11 is 0. The molecule has 1 rings (SSSR count). The van der Waals surface area contributed by atoms with Crippen molar-refractivity contribution in [3.63, 3.8) is 0 Å².